The molecule has 1 aliphatic heterocycles. The van der Waals surface area contributed by atoms with Crippen LogP contribution in [0.3, 0.4) is 0 Å². The lowest BCUT2D eigenvalue weighted by atomic mass is 10.2. The zero-order chi connectivity index (χ0) is 19.3. The fourth-order valence-electron chi connectivity index (χ4n) is 2.43. The van der Waals surface area contributed by atoms with Crippen LogP contribution in [0.15, 0.2) is 12.3 Å². The fourth-order valence-corrected chi connectivity index (χ4v) is 2.43. The Morgan fingerprint density at radius 2 is 2.04 bits per heavy atom. The number of ether oxygens (including phenoxy) is 2. The van der Waals surface area contributed by atoms with Gasteiger partial charge in [0.1, 0.15) is 5.60 Å². The van der Waals surface area contributed by atoms with Crippen LogP contribution in [0.2, 0.25) is 0 Å². The Labute approximate surface area is 146 Å². The van der Waals surface area contributed by atoms with E-state index in [2.05, 4.69) is 11.9 Å². The van der Waals surface area contributed by atoms with Gasteiger partial charge >= 0.3 is 12.3 Å². The standard InChI is InChI=1S/C16H28F3N3O3/c1-11(20)13(21-10-16(17,18)19)9-24-8-12-6-5-7-22(12)14(23)25-15(2,3)4/h12-13,21H,1,5-10,20H2,2-4H3/t12-,13+/m1/s1. The minimum absolute atomic E-state index is 0.0515. The van der Waals surface area contributed by atoms with Crippen LogP contribution in [-0.4, -0.2) is 61.2 Å². The summed E-state index contributed by atoms with van der Waals surface area (Å²) in [5.74, 6) is 0. The summed E-state index contributed by atoms with van der Waals surface area (Å²) in [5, 5.41) is 2.27. The van der Waals surface area contributed by atoms with E-state index in [9.17, 15) is 18.0 Å². The van der Waals surface area contributed by atoms with Crippen molar-refractivity contribution in [3.63, 3.8) is 0 Å². The van der Waals surface area contributed by atoms with Crippen LogP contribution in [-0.2, 0) is 9.47 Å². The van der Waals surface area contributed by atoms with Gasteiger partial charge in [0.25, 0.3) is 0 Å². The molecular formula is C16H28F3N3O3. The molecule has 146 valence electrons. The number of likely N-dealkylation sites (tertiary alicyclic amines) is 1. The number of alkyl halides is 3. The summed E-state index contributed by atoms with van der Waals surface area (Å²) in [4.78, 5) is 13.8. The van der Waals surface area contributed by atoms with Gasteiger partial charge in [-0.25, -0.2) is 4.79 Å². The summed E-state index contributed by atoms with van der Waals surface area (Å²) in [6.07, 6.45) is -3.17. The molecule has 0 aromatic carbocycles. The molecule has 1 saturated heterocycles. The maximum Gasteiger partial charge on any atom is 0.410 e. The van der Waals surface area contributed by atoms with Crippen LogP contribution in [0.4, 0.5) is 18.0 Å². The van der Waals surface area contributed by atoms with Gasteiger partial charge in [-0.3, -0.25) is 5.32 Å². The lowest BCUT2D eigenvalue weighted by Crippen LogP contribution is -2.44. The molecule has 0 aliphatic carbocycles. The lowest BCUT2D eigenvalue weighted by Gasteiger charge is -2.29. The van der Waals surface area contributed by atoms with Crippen molar-refractivity contribution >= 4 is 6.09 Å². The zero-order valence-electron chi connectivity index (χ0n) is 15.0. The van der Waals surface area contributed by atoms with Crippen molar-refractivity contribution in [2.75, 3.05) is 26.3 Å². The second-order valence-corrected chi connectivity index (χ2v) is 7.13. The van der Waals surface area contributed by atoms with E-state index in [0.717, 1.165) is 12.8 Å². The number of carbonyl (C=O) groups is 1. The molecule has 9 heteroatoms. The third kappa shape index (κ3) is 8.44. The van der Waals surface area contributed by atoms with Crippen LogP contribution >= 0.6 is 0 Å². The Morgan fingerprint density at radius 3 is 2.56 bits per heavy atom. The maximum absolute atomic E-state index is 12.3. The number of nitrogens with zero attached hydrogens (tertiary/aromatic N) is 1. The van der Waals surface area contributed by atoms with Crippen molar-refractivity contribution in [1.82, 2.24) is 10.2 Å². The van der Waals surface area contributed by atoms with E-state index in [-0.39, 0.29) is 25.0 Å². The smallest absolute Gasteiger partial charge is 0.410 e. The molecule has 1 aliphatic rings. The minimum atomic E-state index is -4.34. The SMILES string of the molecule is C=C(N)[C@H](COC[C@H]1CCCN1C(=O)OC(C)(C)C)NCC(F)(F)F. The second kappa shape index (κ2) is 8.75. The Kier molecular flexibility index (Phi) is 7.55. The highest BCUT2D eigenvalue weighted by Gasteiger charge is 2.33. The molecule has 1 amide bonds. The summed E-state index contributed by atoms with van der Waals surface area (Å²) >= 11 is 0. The molecule has 6 nitrogen and oxygen atoms in total. The highest BCUT2D eigenvalue weighted by molar-refractivity contribution is 5.68. The predicted octanol–water partition coefficient (Wildman–Crippen LogP) is 2.40. The molecule has 0 aromatic heterocycles. The third-order valence-corrected chi connectivity index (χ3v) is 3.60. The molecule has 1 fully saturated rings. The highest BCUT2D eigenvalue weighted by Crippen LogP contribution is 2.21. The first-order valence-electron chi connectivity index (χ1n) is 8.21. The van der Waals surface area contributed by atoms with Crippen LogP contribution < -0.4 is 11.1 Å². The molecule has 0 radical (unpaired) electrons. The average Bonchev–Trinajstić information content (AvgIpc) is 2.87. The van der Waals surface area contributed by atoms with Gasteiger partial charge < -0.3 is 20.1 Å². The molecule has 0 saturated carbocycles. The Balaban J connectivity index is 2.46. The number of hydrogen-bond donors (Lipinski definition) is 2. The first kappa shape index (κ1) is 21.6. The molecule has 1 rings (SSSR count). The lowest BCUT2D eigenvalue weighted by molar-refractivity contribution is -0.126. The highest BCUT2D eigenvalue weighted by atomic mass is 19.4. The number of hydrogen-bond acceptors (Lipinski definition) is 5. The zero-order valence-corrected chi connectivity index (χ0v) is 15.0. The number of carbonyl (C=O) groups excluding carboxylic acids is 1. The molecule has 25 heavy (non-hydrogen) atoms. The van der Waals surface area contributed by atoms with Crippen molar-refractivity contribution in [3.8, 4) is 0 Å². The molecule has 0 aromatic rings. The number of halogens is 3. The van der Waals surface area contributed by atoms with Crippen LogP contribution in [0, 0.1) is 0 Å². The van der Waals surface area contributed by atoms with Crippen molar-refractivity contribution in [2.45, 2.75) is 57.5 Å². The fraction of sp³-hybridized carbons (Fsp3) is 0.812. The van der Waals surface area contributed by atoms with E-state index in [0.29, 0.717) is 6.54 Å². The monoisotopic (exact) mass is 367 g/mol. The van der Waals surface area contributed by atoms with Crippen molar-refractivity contribution < 1.29 is 27.4 Å². The largest absolute Gasteiger partial charge is 0.444 e. The van der Waals surface area contributed by atoms with Crippen LogP contribution in [0.1, 0.15) is 33.6 Å². The van der Waals surface area contributed by atoms with E-state index >= 15 is 0 Å². The molecule has 0 bridgehead atoms. The van der Waals surface area contributed by atoms with E-state index in [4.69, 9.17) is 15.2 Å². The molecule has 0 spiro atoms. The summed E-state index contributed by atoms with van der Waals surface area (Å²) in [7, 11) is 0. The number of nitrogens with one attached hydrogen (secondary N) is 1. The van der Waals surface area contributed by atoms with Crippen molar-refractivity contribution in [2.24, 2.45) is 5.73 Å². The summed E-state index contributed by atoms with van der Waals surface area (Å²) in [6, 6.07) is -0.970. The van der Waals surface area contributed by atoms with Gasteiger partial charge in [-0.05, 0) is 33.6 Å². The van der Waals surface area contributed by atoms with E-state index in [1.807, 2.05) is 0 Å². The van der Waals surface area contributed by atoms with Gasteiger partial charge in [-0.2, -0.15) is 13.2 Å². The second-order valence-electron chi connectivity index (χ2n) is 7.13. The molecule has 3 N–H and O–H groups in total. The maximum atomic E-state index is 12.3. The van der Waals surface area contributed by atoms with E-state index < -0.39 is 30.5 Å². The van der Waals surface area contributed by atoms with Gasteiger partial charge in [-0.1, -0.05) is 6.58 Å². The summed E-state index contributed by atoms with van der Waals surface area (Å²) in [6.45, 7) is 8.39. The molecule has 1 heterocycles. The first-order chi connectivity index (χ1) is 11.4. The Hall–Kier alpha value is -1.48. The number of nitrogens with two attached hydrogens (primary N) is 1. The molecule has 0 unspecified atom stereocenters. The van der Waals surface area contributed by atoms with Gasteiger partial charge in [0.05, 0.1) is 31.8 Å². The average molecular weight is 367 g/mol. The van der Waals surface area contributed by atoms with Crippen molar-refractivity contribution in [1.29, 1.82) is 0 Å². The summed E-state index contributed by atoms with van der Waals surface area (Å²) in [5.41, 5.74) is 5.00. The van der Waals surface area contributed by atoms with Gasteiger partial charge in [0, 0.05) is 12.2 Å². The van der Waals surface area contributed by atoms with Crippen molar-refractivity contribution in [3.05, 3.63) is 12.3 Å². The third-order valence-electron chi connectivity index (χ3n) is 3.60. The van der Waals surface area contributed by atoms with E-state index in [1.165, 1.54) is 0 Å². The first-order valence-corrected chi connectivity index (χ1v) is 8.21. The Morgan fingerprint density at radius 1 is 1.40 bits per heavy atom. The van der Waals surface area contributed by atoms with Gasteiger partial charge in [0.15, 0.2) is 0 Å². The number of amides is 1. The minimum Gasteiger partial charge on any atom is -0.444 e. The van der Waals surface area contributed by atoms with Crippen LogP contribution in [0.5, 0.6) is 0 Å². The molecule has 2 atom stereocenters. The molecular weight excluding hydrogens is 339 g/mol. The van der Waals surface area contributed by atoms with Crippen LogP contribution in [0.25, 0.3) is 0 Å². The Bertz CT molecular complexity index is 464. The van der Waals surface area contributed by atoms with Gasteiger partial charge in [-0.15, -0.1) is 0 Å². The number of rotatable bonds is 7. The predicted molar refractivity (Wildman–Crippen MR) is 88.0 cm³/mol. The quantitative estimate of drug-likeness (QED) is 0.723. The normalized spacial score (nSPS) is 19.8. The topological polar surface area (TPSA) is 76.8 Å². The van der Waals surface area contributed by atoms with Gasteiger partial charge in [0.2, 0.25) is 0 Å². The van der Waals surface area contributed by atoms with E-state index in [1.54, 1.807) is 25.7 Å². The summed E-state index contributed by atoms with van der Waals surface area (Å²) < 4.78 is 47.7.